The van der Waals surface area contributed by atoms with Crippen LogP contribution in [0.1, 0.15) is 22.9 Å². The van der Waals surface area contributed by atoms with E-state index in [2.05, 4.69) is 175 Å². The molecule has 58 heavy (non-hydrogen) atoms. The molecule has 11 aromatic rings. The molecule has 12 rings (SSSR count). The number of nitrogens with zero attached hydrogens (tertiary/aromatic N) is 3. The molecule has 0 radical (unpaired) electrons. The van der Waals surface area contributed by atoms with E-state index >= 15 is 0 Å². The Morgan fingerprint density at radius 3 is 2.05 bits per heavy atom. The lowest BCUT2D eigenvalue weighted by Crippen LogP contribution is -2.33. The number of furan rings is 1. The van der Waals surface area contributed by atoms with E-state index in [-0.39, 0.29) is 6.17 Å². The Hall–Kier alpha value is -7.41. The van der Waals surface area contributed by atoms with E-state index in [1.807, 2.05) is 23.5 Å². The number of thiophene rings is 1. The lowest BCUT2D eigenvalue weighted by atomic mass is 9.95. The quantitative estimate of drug-likeness (QED) is 0.178. The van der Waals surface area contributed by atoms with E-state index in [1.165, 1.54) is 20.2 Å². The van der Waals surface area contributed by atoms with Gasteiger partial charge in [-0.2, -0.15) is 0 Å². The van der Waals surface area contributed by atoms with Gasteiger partial charge in [-0.15, -0.1) is 11.3 Å². The van der Waals surface area contributed by atoms with Crippen molar-refractivity contribution in [1.29, 1.82) is 0 Å². The Morgan fingerprint density at radius 2 is 1.19 bits per heavy atom. The van der Waals surface area contributed by atoms with Crippen LogP contribution in [0.15, 0.2) is 196 Å². The molecule has 0 bridgehead atoms. The van der Waals surface area contributed by atoms with Gasteiger partial charge in [0.05, 0.1) is 11.2 Å². The summed E-state index contributed by atoms with van der Waals surface area (Å²) in [5.41, 5.74) is 10.1. The van der Waals surface area contributed by atoms with Crippen LogP contribution >= 0.6 is 11.3 Å². The van der Waals surface area contributed by atoms with Gasteiger partial charge in [0.2, 0.25) is 0 Å². The lowest BCUT2D eigenvalue weighted by molar-refractivity contribution is 0.669. The molecular formula is C52H32N4OS. The van der Waals surface area contributed by atoms with Crippen LogP contribution in [0, 0.1) is 0 Å². The lowest BCUT2D eigenvalue weighted by Gasteiger charge is -2.24. The molecular weight excluding hydrogens is 729 g/mol. The second-order valence-electron chi connectivity index (χ2n) is 14.7. The first-order valence-corrected chi connectivity index (χ1v) is 20.3. The highest BCUT2D eigenvalue weighted by Gasteiger charge is 2.24. The molecule has 1 aliphatic heterocycles. The average Bonchev–Trinajstić information content (AvgIpc) is 3.87. The van der Waals surface area contributed by atoms with Crippen molar-refractivity contribution in [2.75, 3.05) is 0 Å². The van der Waals surface area contributed by atoms with Crippen molar-refractivity contribution in [3.63, 3.8) is 0 Å². The normalized spacial score (nSPS) is 14.4. The largest absolute Gasteiger partial charge is 0.456 e. The van der Waals surface area contributed by atoms with Crippen LogP contribution in [0.2, 0.25) is 0 Å². The SMILES string of the molecule is c1ccc(-c2nc3ccccc3c3c2ccc2oc4ccc(-c5ccc(C6=NC(c7ccccc7)NC(c7cccc8sc9ccccc9c78)=N6)cc5)cc4c23)cc1. The maximum Gasteiger partial charge on any atom is 0.159 e. The number of rotatable bonds is 5. The van der Waals surface area contributed by atoms with Crippen LogP contribution in [0.3, 0.4) is 0 Å². The Labute approximate surface area is 337 Å². The first kappa shape index (κ1) is 32.8. The van der Waals surface area contributed by atoms with Gasteiger partial charge in [-0.3, -0.25) is 0 Å². The van der Waals surface area contributed by atoms with Gasteiger partial charge in [-0.05, 0) is 59.2 Å². The minimum absolute atomic E-state index is 0.288. The van der Waals surface area contributed by atoms with E-state index in [1.54, 1.807) is 0 Å². The molecule has 6 heteroatoms. The number of hydrogen-bond acceptors (Lipinski definition) is 6. The van der Waals surface area contributed by atoms with Gasteiger partial charge in [0.15, 0.2) is 5.84 Å². The van der Waals surface area contributed by atoms with E-state index in [0.29, 0.717) is 5.84 Å². The van der Waals surface area contributed by atoms with Crippen molar-refractivity contribution in [2.45, 2.75) is 6.17 Å². The fourth-order valence-electron chi connectivity index (χ4n) is 8.61. The van der Waals surface area contributed by atoms with Gasteiger partial charge in [0.25, 0.3) is 0 Å². The predicted octanol–water partition coefficient (Wildman–Crippen LogP) is 13.5. The molecule has 8 aromatic carbocycles. The zero-order valence-corrected chi connectivity index (χ0v) is 31.9. The van der Waals surface area contributed by atoms with Crippen molar-refractivity contribution in [3.8, 4) is 22.4 Å². The molecule has 0 saturated carbocycles. The summed E-state index contributed by atoms with van der Waals surface area (Å²) in [6, 6.07) is 63.7. The summed E-state index contributed by atoms with van der Waals surface area (Å²) >= 11 is 1.81. The molecule has 5 nitrogen and oxygen atoms in total. The first-order chi connectivity index (χ1) is 28.7. The standard InChI is InChI=1S/C52H32N4OS/c1-3-12-32(13-4-1)49-38-27-29-43-48(47(38)36-16-7-9-19-41(36)53-49)40-30-35(26-28-42(40)57-43)31-22-24-34(25-23-31)51-54-50(33-14-5-2-6-15-33)55-52(56-51)39-18-11-21-45-46(39)37-17-8-10-20-44(37)58-45/h1-30,50H,(H,54,55,56). The van der Waals surface area contributed by atoms with Gasteiger partial charge in [0.1, 0.15) is 23.2 Å². The van der Waals surface area contributed by atoms with Crippen LogP contribution in [0.4, 0.5) is 0 Å². The molecule has 1 unspecified atom stereocenters. The van der Waals surface area contributed by atoms with Crippen LogP contribution in [0.25, 0.3) is 86.2 Å². The topological polar surface area (TPSA) is 62.8 Å². The minimum atomic E-state index is -0.288. The molecule has 1 N–H and O–H groups in total. The molecule has 4 heterocycles. The minimum Gasteiger partial charge on any atom is -0.456 e. The second-order valence-corrected chi connectivity index (χ2v) is 15.8. The number of hydrogen-bond donors (Lipinski definition) is 1. The number of aromatic nitrogens is 1. The second kappa shape index (κ2) is 13.1. The van der Waals surface area contributed by atoms with E-state index in [4.69, 9.17) is 19.4 Å². The predicted molar refractivity (Wildman–Crippen MR) is 242 cm³/mol. The van der Waals surface area contributed by atoms with Crippen molar-refractivity contribution in [2.24, 2.45) is 9.98 Å². The summed E-state index contributed by atoms with van der Waals surface area (Å²) in [5.74, 6) is 1.52. The highest BCUT2D eigenvalue weighted by molar-refractivity contribution is 7.25. The zero-order chi connectivity index (χ0) is 38.2. The number of fused-ring (bicyclic) bond motifs is 10. The van der Waals surface area contributed by atoms with Crippen LogP contribution in [-0.2, 0) is 0 Å². The summed E-state index contributed by atoms with van der Waals surface area (Å²) in [5, 5.41) is 11.7. The van der Waals surface area contributed by atoms with Gasteiger partial charge < -0.3 is 9.73 Å². The highest BCUT2D eigenvalue weighted by atomic mass is 32.1. The first-order valence-electron chi connectivity index (χ1n) is 19.5. The number of benzene rings is 8. The van der Waals surface area contributed by atoms with Crippen LogP contribution in [-0.4, -0.2) is 16.7 Å². The van der Waals surface area contributed by atoms with E-state index in [9.17, 15) is 0 Å². The number of pyridine rings is 1. The van der Waals surface area contributed by atoms with Crippen LogP contribution in [0.5, 0.6) is 0 Å². The summed E-state index contributed by atoms with van der Waals surface area (Å²) in [6.45, 7) is 0. The molecule has 0 amide bonds. The Kier molecular flexibility index (Phi) is 7.40. The van der Waals surface area contributed by atoms with Crippen molar-refractivity contribution < 1.29 is 4.42 Å². The van der Waals surface area contributed by atoms with Gasteiger partial charge in [0, 0.05) is 63.8 Å². The molecule has 3 aromatic heterocycles. The molecule has 1 atom stereocenters. The van der Waals surface area contributed by atoms with Gasteiger partial charge in [-0.1, -0.05) is 140 Å². The van der Waals surface area contributed by atoms with E-state index in [0.717, 1.165) is 88.5 Å². The molecule has 0 saturated heterocycles. The summed E-state index contributed by atoms with van der Waals surface area (Å²) in [6.07, 6.45) is -0.288. The summed E-state index contributed by atoms with van der Waals surface area (Å²) < 4.78 is 9.03. The third kappa shape index (κ3) is 5.26. The highest BCUT2D eigenvalue weighted by Crippen LogP contribution is 2.42. The smallest absolute Gasteiger partial charge is 0.159 e. The van der Waals surface area contributed by atoms with Gasteiger partial charge in [-0.25, -0.2) is 15.0 Å². The Balaban J connectivity index is 0.981. The maximum absolute atomic E-state index is 6.53. The van der Waals surface area contributed by atoms with E-state index < -0.39 is 0 Å². The zero-order valence-electron chi connectivity index (χ0n) is 31.1. The number of nitrogens with one attached hydrogen (secondary N) is 1. The number of aliphatic imine (C=N–C) groups is 2. The number of para-hydroxylation sites is 1. The molecule has 0 aliphatic carbocycles. The molecule has 0 spiro atoms. The summed E-state index contributed by atoms with van der Waals surface area (Å²) in [4.78, 5) is 15.6. The van der Waals surface area contributed by atoms with Crippen molar-refractivity contribution in [1.82, 2.24) is 10.3 Å². The summed E-state index contributed by atoms with van der Waals surface area (Å²) in [7, 11) is 0. The number of amidine groups is 2. The molecule has 0 fully saturated rings. The van der Waals surface area contributed by atoms with Crippen molar-refractivity contribution >= 4 is 86.8 Å². The monoisotopic (exact) mass is 760 g/mol. The maximum atomic E-state index is 6.53. The molecule has 1 aliphatic rings. The Bertz CT molecular complexity index is 3470. The average molecular weight is 761 g/mol. The fraction of sp³-hybridized carbons (Fsp3) is 0.0192. The molecule has 272 valence electrons. The van der Waals surface area contributed by atoms with Crippen LogP contribution < -0.4 is 5.32 Å². The third-order valence-corrected chi connectivity index (χ3v) is 12.5. The van der Waals surface area contributed by atoms with Gasteiger partial charge >= 0.3 is 0 Å². The third-order valence-electron chi connectivity index (χ3n) is 11.3. The Morgan fingerprint density at radius 1 is 0.483 bits per heavy atom. The fourth-order valence-corrected chi connectivity index (χ4v) is 9.74. The van der Waals surface area contributed by atoms with Crippen molar-refractivity contribution in [3.05, 3.63) is 199 Å².